The number of benzene rings is 3. The van der Waals surface area contributed by atoms with E-state index in [1.807, 2.05) is 24.3 Å². The van der Waals surface area contributed by atoms with E-state index in [1.54, 1.807) is 18.2 Å². The second-order valence-electron chi connectivity index (χ2n) is 6.89. The fraction of sp³-hybridized carbons (Fsp3) is 0.208. The SMILES string of the molecule is CCC(NCc1cccc(NC(=O)c2ccccc2Cl)c1)c1ccc(C)cc1. The molecule has 0 bridgehead atoms. The fourth-order valence-electron chi connectivity index (χ4n) is 3.14. The van der Waals surface area contributed by atoms with Gasteiger partial charge >= 0.3 is 0 Å². The molecule has 3 rings (SSSR count). The molecule has 0 saturated carbocycles. The van der Waals surface area contributed by atoms with Crippen LogP contribution in [0.4, 0.5) is 5.69 Å². The highest BCUT2D eigenvalue weighted by molar-refractivity contribution is 6.34. The Bertz CT molecular complexity index is 937. The van der Waals surface area contributed by atoms with Gasteiger partial charge in [-0.3, -0.25) is 4.79 Å². The van der Waals surface area contributed by atoms with E-state index in [0.29, 0.717) is 16.6 Å². The summed E-state index contributed by atoms with van der Waals surface area (Å²) >= 11 is 6.11. The standard InChI is InChI=1S/C24H25ClN2O/c1-3-23(19-13-11-17(2)12-14-19)26-16-18-7-6-8-20(15-18)27-24(28)21-9-4-5-10-22(21)25/h4-15,23,26H,3,16H2,1-2H3,(H,27,28). The molecule has 1 atom stereocenters. The Hall–Kier alpha value is -2.62. The van der Waals surface area contributed by atoms with Gasteiger partial charge in [-0.05, 0) is 48.7 Å². The molecule has 28 heavy (non-hydrogen) atoms. The third kappa shape index (κ3) is 5.22. The lowest BCUT2D eigenvalue weighted by atomic mass is 10.0. The van der Waals surface area contributed by atoms with E-state index >= 15 is 0 Å². The van der Waals surface area contributed by atoms with Crippen molar-refractivity contribution in [2.24, 2.45) is 0 Å². The van der Waals surface area contributed by atoms with Gasteiger partial charge in [0, 0.05) is 18.3 Å². The summed E-state index contributed by atoms with van der Waals surface area (Å²) in [5.41, 5.74) is 4.89. The van der Waals surface area contributed by atoms with Gasteiger partial charge in [0.15, 0.2) is 0 Å². The second kappa shape index (κ2) is 9.54. The number of hydrogen-bond acceptors (Lipinski definition) is 2. The van der Waals surface area contributed by atoms with Crippen LogP contribution in [0.3, 0.4) is 0 Å². The molecule has 144 valence electrons. The van der Waals surface area contributed by atoms with Gasteiger partial charge in [0.05, 0.1) is 10.6 Å². The topological polar surface area (TPSA) is 41.1 Å². The van der Waals surface area contributed by atoms with E-state index in [2.05, 4.69) is 54.8 Å². The lowest BCUT2D eigenvalue weighted by Crippen LogP contribution is -2.20. The molecule has 3 aromatic carbocycles. The molecule has 0 aliphatic carbocycles. The van der Waals surface area contributed by atoms with Crippen molar-refractivity contribution >= 4 is 23.2 Å². The van der Waals surface area contributed by atoms with Gasteiger partial charge < -0.3 is 10.6 Å². The summed E-state index contributed by atoms with van der Waals surface area (Å²) in [7, 11) is 0. The van der Waals surface area contributed by atoms with Crippen molar-refractivity contribution in [3.63, 3.8) is 0 Å². The molecular formula is C24H25ClN2O. The van der Waals surface area contributed by atoms with Crippen molar-refractivity contribution in [2.75, 3.05) is 5.32 Å². The number of nitrogens with one attached hydrogen (secondary N) is 2. The number of hydrogen-bond donors (Lipinski definition) is 2. The molecule has 1 unspecified atom stereocenters. The summed E-state index contributed by atoms with van der Waals surface area (Å²) in [6, 6.07) is 23.9. The number of rotatable bonds is 7. The van der Waals surface area contributed by atoms with Gasteiger partial charge in [-0.25, -0.2) is 0 Å². The summed E-state index contributed by atoms with van der Waals surface area (Å²) in [5.74, 6) is -0.207. The van der Waals surface area contributed by atoms with E-state index in [-0.39, 0.29) is 5.91 Å². The summed E-state index contributed by atoms with van der Waals surface area (Å²) in [6.45, 7) is 5.00. The van der Waals surface area contributed by atoms with Crippen LogP contribution in [-0.2, 0) is 6.54 Å². The van der Waals surface area contributed by atoms with E-state index in [9.17, 15) is 4.79 Å². The first-order chi connectivity index (χ1) is 13.6. The van der Waals surface area contributed by atoms with Gasteiger partial charge in [0.1, 0.15) is 0 Å². The van der Waals surface area contributed by atoms with Crippen LogP contribution >= 0.6 is 11.6 Å². The van der Waals surface area contributed by atoms with Crippen molar-refractivity contribution in [1.82, 2.24) is 5.32 Å². The van der Waals surface area contributed by atoms with Gasteiger partial charge in [-0.1, -0.05) is 72.6 Å². The van der Waals surface area contributed by atoms with Crippen LogP contribution in [0.25, 0.3) is 0 Å². The minimum atomic E-state index is -0.207. The third-order valence-electron chi connectivity index (χ3n) is 4.74. The predicted molar refractivity (Wildman–Crippen MR) is 117 cm³/mol. The van der Waals surface area contributed by atoms with E-state index < -0.39 is 0 Å². The van der Waals surface area contributed by atoms with Crippen molar-refractivity contribution in [2.45, 2.75) is 32.9 Å². The van der Waals surface area contributed by atoms with E-state index in [0.717, 1.165) is 24.2 Å². The molecule has 0 aliphatic heterocycles. The van der Waals surface area contributed by atoms with Crippen LogP contribution < -0.4 is 10.6 Å². The number of carbonyl (C=O) groups excluding carboxylic acids is 1. The Morgan fingerprint density at radius 1 is 1.00 bits per heavy atom. The monoisotopic (exact) mass is 392 g/mol. The molecule has 0 saturated heterocycles. The summed E-state index contributed by atoms with van der Waals surface area (Å²) in [4.78, 5) is 12.5. The first-order valence-electron chi connectivity index (χ1n) is 9.51. The average Bonchev–Trinajstić information content (AvgIpc) is 2.70. The normalized spacial score (nSPS) is 11.8. The molecule has 0 fully saturated rings. The van der Waals surface area contributed by atoms with Crippen LogP contribution in [0.2, 0.25) is 5.02 Å². The first kappa shape index (κ1) is 20.1. The van der Waals surface area contributed by atoms with Gasteiger partial charge in [-0.15, -0.1) is 0 Å². The lowest BCUT2D eigenvalue weighted by Gasteiger charge is -2.18. The molecule has 2 N–H and O–H groups in total. The minimum Gasteiger partial charge on any atom is -0.322 e. The van der Waals surface area contributed by atoms with Crippen molar-refractivity contribution in [3.8, 4) is 0 Å². The highest BCUT2D eigenvalue weighted by Gasteiger charge is 2.11. The number of halogens is 1. The Kier molecular flexibility index (Phi) is 6.85. The zero-order valence-electron chi connectivity index (χ0n) is 16.2. The maximum atomic E-state index is 12.5. The molecule has 3 aromatic rings. The van der Waals surface area contributed by atoms with Crippen LogP contribution in [0, 0.1) is 6.92 Å². The Morgan fingerprint density at radius 2 is 1.75 bits per heavy atom. The molecule has 0 aliphatic rings. The number of aryl methyl sites for hydroxylation is 1. The molecule has 4 heteroatoms. The Morgan fingerprint density at radius 3 is 2.46 bits per heavy atom. The van der Waals surface area contributed by atoms with Crippen LogP contribution in [0.15, 0.2) is 72.8 Å². The second-order valence-corrected chi connectivity index (χ2v) is 7.29. The molecule has 0 heterocycles. The van der Waals surface area contributed by atoms with E-state index in [4.69, 9.17) is 11.6 Å². The van der Waals surface area contributed by atoms with Gasteiger partial charge in [-0.2, -0.15) is 0 Å². The average molecular weight is 393 g/mol. The number of anilines is 1. The van der Waals surface area contributed by atoms with Crippen LogP contribution in [-0.4, -0.2) is 5.91 Å². The minimum absolute atomic E-state index is 0.207. The number of amides is 1. The summed E-state index contributed by atoms with van der Waals surface area (Å²) < 4.78 is 0. The summed E-state index contributed by atoms with van der Waals surface area (Å²) in [5, 5.41) is 6.98. The van der Waals surface area contributed by atoms with Crippen LogP contribution in [0.5, 0.6) is 0 Å². The molecule has 0 radical (unpaired) electrons. The first-order valence-corrected chi connectivity index (χ1v) is 9.89. The maximum absolute atomic E-state index is 12.5. The third-order valence-corrected chi connectivity index (χ3v) is 5.07. The molecular weight excluding hydrogens is 368 g/mol. The van der Waals surface area contributed by atoms with Crippen molar-refractivity contribution in [1.29, 1.82) is 0 Å². The largest absolute Gasteiger partial charge is 0.322 e. The highest BCUT2D eigenvalue weighted by atomic mass is 35.5. The van der Waals surface area contributed by atoms with E-state index in [1.165, 1.54) is 11.1 Å². The maximum Gasteiger partial charge on any atom is 0.257 e. The van der Waals surface area contributed by atoms with Crippen molar-refractivity contribution < 1.29 is 4.79 Å². The highest BCUT2D eigenvalue weighted by Crippen LogP contribution is 2.20. The molecule has 0 aromatic heterocycles. The molecule has 0 spiro atoms. The lowest BCUT2D eigenvalue weighted by molar-refractivity contribution is 0.102. The quantitative estimate of drug-likeness (QED) is 0.506. The zero-order chi connectivity index (χ0) is 19.9. The Balaban J connectivity index is 1.65. The number of carbonyl (C=O) groups is 1. The molecule has 3 nitrogen and oxygen atoms in total. The van der Waals surface area contributed by atoms with Crippen LogP contribution in [0.1, 0.15) is 46.4 Å². The predicted octanol–water partition coefficient (Wildman–Crippen LogP) is 6.14. The Labute approximate surface area is 171 Å². The van der Waals surface area contributed by atoms with Gasteiger partial charge in [0.2, 0.25) is 0 Å². The smallest absolute Gasteiger partial charge is 0.257 e. The molecule has 1 amide bonds. The summed E-state index contributed by atoms with van der Waals surface area (Å²) in [6.07, 6.45) is 1.01. The zero-order valence-corrected chi connectivity index (χ0v) is 17.0. The van der Waals surface area contributed by atoms with Gasteiger partial charge in [0.25, 0.3) is 5.91 Å². The van der Waals surface area contributed by atoms with Crippen molar-refractivity contribution in [3.05, 3.63) is 100 Å². The fourth-order valence-corrected chi connectivity index (χ4v) is 3.36.